The highest BCUT2D eigenvalue weighted by Gasteiger charge is 2.20. The normalized spacial score (nSPS) is 13.9. The fraction of sp³-hybridized carbons (Fsp3) is 0.381. The number of piperidine rings is 1. The van der Waals surface area contributed by atoms with E-state index in [-0.39, 0.29) is 11.8 Å². The van der Waals surface area contributed by atoms with Crippen molar-refractivity contribution in [2.24, 2.45) is 0 Å². The molecule has 2 aromatic rings. The highest BCUT2D eigenvalue weighted by Crippen LogP contribution is 2.17. The molecule has 0 saturated carbocycles. The van der Waals surface area contributed by atoms with Gasteiger partial charge >= 0.3 is 0 Å². The second-order valence-electron chi connectivity index (χ2n) is 6.60. The summed E-state index contributed by atoms with van der Waals surface area (Å²) in [5, 5.41) is 2.90. The number of hydrogen-bond acceptors (Lipinski definition) is 4. The maximum Gasteiger partial charge on any atom is 0.272 e. The molecule has 0 bridgehead atoms. The molecule has 27 heavy (non-hydrogen) atoms. The van der Waals surface area contributed by atoms with Gasteiger partial charge in [-0.15, -0.1) is 0 Å². The van der Waals surface area contributed by atoms with Crippen LogP contribution in [-0.4, -0.2) is 48.4 Å². The standard InChI is InChI=1S/C21H25N3O3/c1-27-19-8-4-3-7-16(19)9-12-23-20(25)17-10-11-22-18(15-17)21(26)24-13-5-2-6-14-24/h3-4,7-8,10-11,15H,2,5-6,9,12-14H2,1H3,(H,23,25). The molecule has 0 spiro atoms. The number of carbonyl (C=O) groups is 2. The number of carbonyl (C=O) groups excluding carboxylic acids is 2. The monoisotopic (exact) mass is 367 g/mol. The smallest absolute Gasteiger partial charge is 0.272 e. The lowest BCUT2D eigenvalue weighted by molar-refractivity contribution is 0.0718. The van der Waals surface area contributed by atoms with Crippen molar-refractivity contribution >= 4 is 11.8 Å². The number of likely N-dealkylation sites (tertiary alicyclic amines) is 1. The van der Waals surface area contributed by atoms with Crippen molar-refractivity contribution in [3.63, 3.8) is 0 Å². The van der Waals surface area contributed by atoms with Crippen LogP contribution in [0.2, 0.25) is 0 Å². The summed E-state index contributed by atoms with van der Waals surface area (Å²) in [5.41, 5.74) is 1.82. The molecule has 0 aliphatic carbocycles. The van der Waals surface area contributed by atoms with E-state index < -0.39 is 0 Å². The maximum absolute atomic E-state index is 12.6. The second kappa shape index (κ2) is 9.16. The number of methoxy groups -OCH3 is 1. The highest BCUT2D eigenvalue weighted by atomic mass is 16.5. The van der Waals surface area contributed by atoms with Crippen molar-refractivity contribution in [3.8, 4) is 5.75 Å². The average Bonchev–Trinajstić information content (AvgIpc) is 2.74. The van der Waals surface area contributed by atoms with Crippen molar-refractivity contribution in [1.82, 2.24) is 15.2 Å². The Morgan fingerprint density at radius 3 is 2.70 bits per heavy atom. The van der Waals surface area contributed by atoms with Crippen molar-refractivity contribution in [3.05, 3.63) is 59.4 Å². The van der Waals surface area contributed by atoms with Crippen LogP contribution in [0.1, 0.15) is 45.7 Å². The third kappa shape index (κ3) is 4.84. The van der Waals surface area contributed by atoms with Crippen LogP contribution in [0.5, 0.6) is 5.75 Å². The van der Waals surface area contributed by atoms with E-state index in [4.69, 9.17) is 4.74 Å². The van der Waals surface area contributed by atoms with Gasteiger partial charge in [0.25, 0.3) is 11.8 Å². The molecule has 1 fully saturated rings. The predicted octanol–water partition coefficient (Wildman–Crippen LogP) is 2.69. The lowest BCUT2D eigenvalue weighted by Gasteiger charge is -2.26. The van der Waals surface area contributed by atoms with Crippen molar-refractivity contribution in [1.29, 1.82) is 0 Å². The summed E-state index contributed by atoms with van der Waals surface area (Å²) in [5.74, 6) is 0.503. The highest BCUT2D eigenvalue weighted by molar-refractivity contribution is 5.98. The Morgan fingerprint density at radius 2 is 1.93 bits per heavy atom. The number of aromatic nitrogens is 1. The predicted molar refractivity (Wildman–Crippen MR) is 103 cm³/mol. The molecule has 2 amide bonds. The molecular weight excluding hydrogens is 342 g/mol. The zero-order valence-corrected chi connectivity index (χ0v) is 15.6. The Kier molecular flexibility index (Phi) is 6.41. The summed E-state index contributed by atoms with van der Waals surface area (Å²) in [6.45, 7) is 2.00. The third-order valence-corrected chi connectivity index (χ3v) is 4.76. The largest absolute Gasteiger partial charge is 0.496 e. The van der Waals surface area contributed by atoms with Crippen LogP contribution in [0, 0.1) is 0 Å². The van der Waals surface area contributed by atoms with Gasteiger partial charge in [0.2, 0.25) is 0 Å². The number of nitrogens with one attached hydrogen (secondary N) is 1. The molecule has 0 radical (unpaired) electrons. The molecule has 0 atom stereocenters. The summed E-state index contributed by atoms with van der Waals surface area (Å²) in [7, 11) is 1.63. The Hall–Kier alpha value is -2.89. The van der Waals surface area contributed by atoms with E-state index in [0.717, 1.165) is 43.7 Å². The van der Waals surface area contributed by atoms with E-state index in [1.54, 1.807) is 19.2 Å². The molecular formula is C21H25N3O3. The number of pyridine rings is 1. The van der Waals surface area contributed by atoms with Crippen molar-refractivity contribution in [2.45, 2.75) is 25.7 Å². The number of para-hydroxylation sites is 1. The Morgan fingerprint density at radius 1 is 1.15 bits per heavy atom. The van der Waals surface area contributed by atoms with Gasteiger partial charge in [0.15, 0.2) is 0 Å². The second-order valence-corrected chi connectivity index (χ2v) is 6.60. The van der Waals surface area contributed by atoms with Crippen LogP contribution in [0.15, 0.2) is 42.6 Å². The number of rotatable bonds is 6. The van der Waals surface area contributed by atoms with E-state index in [0.29, 0.717) is 24.2 Å². The van der Waals surface area contributed by atoms with Gasteiger partial charge < -0.3 is 15.0 Å². The first-order chi connectivity index (χ1) is 13.2. The van der Waals surface area contributed by atoms with Gasteiger partial charge in [-0.3, -0.25) is 14.6 Å². The minimum atomic E-state index is -0.208. The fourth-order valence-electron chi connectivity index (χ4n) is 3.27. The molecule has 1 aromatic carbocycles. The zero-order valence-electron chi connectivity index (χ0n) is 15.6. The van der Waals surface area contributed by atoms with Gasteiger partial charge in [-0.25, -0.2) is 0 Å². The fourth-order valence-corrected chi connectivity index (χ4v) is 3.27. The first-order valence-corrected chi connectivity index (χ1v) is 9.34. The molecule has 1 aromatic heterocycles. The Labute approximate surface area is 159 Å². The van der Waals surface area contributed by atoms with E-state index in [1.807, 2.05) is 29.2 Å². The van der Waals surface area contributed by atoms with Crippen LogP contribution >= 0.6 is 0 Å². The number of hydrogen-bond donors (Lipinski definition) is 1. The summed E-state index contributed by atoms with van der Waals surface area (Å²) < 4.78 is 5.32. The SMILES string of the molecule is COc1ccccc1CCNC(=O)c1ccnc(C(=O)N2CCCCC2)c1. The van der Waals surface area contributed by atoms with Gasteiger partial charge in [-0.05, 0) is 49.4 Å². The van der Waals surface area contributed by atoms with Gasteiger partial charge in [0.1, 0.15) is 11.4 Å². The molecule has 1 aliphatic heterocycles. The molecule has 1 saturated heterocycles. The van der Waals surface area contributed by atoms with Gasteiger partial charge in [0.05, 0.1) is 7.11 Å². The minimum absolute atomic E-state index is 0.0987. The number of ether oxygens (including phenoxy) is 1. The van der Waals surface area contributed by atoms with Crippen LogP contribution in [0.4, 0.5) is 0 Å². The lowest BCUT2D eigenvalue weighted by atomic mass is 10.1. The summed E-state index contributed by atoms with van der Waals surface area (Å²) in [6.07, 6.45) is 5.39. The average molecular weight is 367 g/mol. The quantitative estimate of drug-likeness (QED) is 0.852. The molecule has 1 aliphatic rings. The molecule has 1 N–H and O–H groups in total. The first kappa shape index (κ1) is 18.9. The van der Waals surface area contributed by atoms with Gasteiger partial charge in [-0.2, -0.15) is 0 Å². The van der Waals surface area contributed by atoms with Gasteiger partial charge in [-0.1, -0.05) is 18.2 Å². The molecule has 6 nitrogen and oxygen atoms in total. The van der Waals surface area contributed by atoms with E-state index in [9.17, 15) is 9.59 Å². The lowest BCUT2D eigenvalue weighted by Crippen LogP contribution is -2.36. The minimum Gasteiger partial charge on any atom is -0.496 e. The summed E-state index contributed by atoms with van der Waals surface area (Å²) in [4.78, 5) is 31.0. The summed E-state index contributed by atoms with van der Waals surface area (Å²) in [6, 6.07) is 11.0. The van der Waals surface area contributed by atoms with E-state index >= 15 is 0 Å². The zero-order chi connectivity index (χ0) is 19.1. The molecule has 0 unspecified atom stereocenters. The van der Waals surface area contributed by atoms with Crippen LogP contribution in [0.25, 0.3) is 0 Å². The topological polar surface area (TPSA) is 71.5 Å². The maximum atomic E-state index is 12.6. The number of nitrogens with zero attached hydrogens (tertiary/aromatic N) is 2. The van der Waals surface area contributed by atoms with Crippen LogP contribution in [-0.2, 0) is 6.42 Å². The van der Waals surface area contributed by atoms with Crippen LogP contribution in [0.3, 0.4) is 0 Å². The van der Waals surface area contributed by atoms with E-state index in [1.165, 1.54) is 6.20 Å². The Balaban J connectivity index is 1.59. The Bertz CT molecular complexity index is 801. The van der Waals surface area contributed by atoms with Crippen LogP contribution < -0.4 is 10.1 Å². The van der Waals surface area contributed by atoms with Gasteiger partial charge in [0, 0.05) is 31.4 Å². The molecule has 3 rings (SSSR count). The number of benzene rings is 1. The molecule has 6 heteroatoms. The van der Waals surface area contributed by atoms with Crippen molar-refractivity contribution in [2.75, 3.05) is 26.7 Å². The van der Waals surface area contributed by atoms with E-state index in [2.05, 4.69) is 10.3 Å². The first-order valence-electron chi connectivity index (χ1n) is 9.34. The summed E-state index contributed by atoms with van der Waals surface area (Å²) >= 11 is 0. The van der Waals surface area contributed by atoms with Crippen molar-refractivity contribution < 1.29 is 14.3 Å². The molecule has 2 heterocycles. The molecule has 142 valence electrons. The number of amides is 2. The third-order valence-electron chi connectivity index (χ3n) is 4.76.